The second-order valence-corrected chi connectivity index (χ2v) is 28.5. The van der Waals surface area contributed by atoms with Gasteiger partial charge in [-0.15, -0.1) is 0 Å². The van der Waals surface area contributed by atoms with Crippen molar-refractivity contribution >= 4 is 39.5 Å². The van der Waals surface area contributed by atoms with E-state index >= 15 is 0 Å². The largest absolute Gasteiger partial charge is 0.472 e. The van der Waals surface area contributed by atoms with Crippen molar-refractivity contribution in [3.63, 3.8) is 0 Å². The summed E-state index contributed by atoms with van der Waals surface area (Å²) in [6, 6.07) is 0. The summed E-state index contributed by atoms with van der Waals surface area (Å²) in [5.41, 5.74) is 0. The Kier molecular flexibility index (Phi) is 56.9. The normalized spacial score (nSPS) is 14.3. The first-order valence-electron chi connectivity index (χ1n) is 34.8. The Balaban J connectivity index is 5.26. The number of ether oxygens (including phenoxy) is 4. The number of esters is 4. The summed E-state index contributed by atoms with van der Waals surface area (Å²) in [5.74, 6) is 0.0664. The molecule has 3 N–H and O–H groups in total. The lowest BCUT2D eigenvalue weighted by Crippen LogP contribution is -2.30. The van der Waals surface area contributed by atoms with Crippen LogP contribution in [0, 0.1) is 17.8 Å². The fourth-order valence-electron chi connectivity index (χ4n) is 10.0. The van der Waals surface area contributed by atoms with Crippen molar-refractivity contribution in [2.75, 3.05) is 39.6 Å². The highest BCUT2D eigenvalue weighted by Gasteiger charge is 2.30. The summed E-state index contributed by atoms with van der Waals surface area (Å²) in [7, 11) is -9.89. The number of aliphatic hydroxyl groups excluding tert-OH is 1. The van der Waals surface area contributed by atoms with Crippen molar-refractivity contribution in [3.05, 3.63) is 0 Å². The number of phosphoric acid groups is 2. The summed E-state index contributed by atoms with van der Waals surface area (Å²) in [6.45, 7) is 11.7. The molecule has 0 rings (SSSR count). The molecule has 0 spiro atoms. The highest BCUT2D eigenvalue weighted by molar-refractivity contribution is 7.47. The van der Waals surface area contributed by atoms with Gasteiger partial charge in [-0.3, -0.25) is 37.3 Å². The number of carbonyl (C=O) groups is 4. The van der Waals surface area contributed by atoms with E-state index in [0.717, 1.165) is 108 Å². The van der Waals surface area contributed by atoms with Crippen LogP contribution in [-0.2, 0) is 65.4 Å². The first-order valence-corrected chi connectivity index (χ1v) is 37.8. The second kappa shape index (κ2) is 58.2. The summed E-state index contributed by atoms with van der Waals surface area (Å²) < 4.78 is 68.1. The third-order valence-corrected chi connectivity index (χ3v) is 17.3. The summed E-state index contributed by atoms with van der Waals surface area (Å²) >= 11 is 0. The van der Waals surface area contributed by atoms with E-state index in [-0.39, 0.29) is 25.7 Å². The van der Waals surface area contributed by atoms with E-state index in [1.807, 2.05) is 0 Å². The second-order valence-electron chi connectivity index (χ2n) is 25.6. The standard InChI is InChI=1S/C67H130O17P2/c1-8-9-10-11-12-13-14-19-27-34-41-48-64(69)77-55-63(84-67(72)51-44-37-30-23-22-26-33-40-47-60(6)7)57-82-86(75,76)80-53-61(68)52-79-85(73,74)81-56-62(83-66(71)50-43-36-29-21-16-18-25-32-39-46-59(4)5)54-78-65(70)49-42-35-28-20-15-17-24-31-38-45-58(2)3/h58-63,68H,8-57H2,1-7H3,(H,73,74)(H,75,76)/t61-,62-,63-/m1/s1. The number of hydrogen-bond donors (Lipinski definition) is 3. The first-order chi connectivity index (χ1) is 41.2. The van der Waals surface area contributed by atoms with Crippen LogP contribution in [0.3, 0.4) is 0 Å². The highest BCUT2D eigenvalue weighted by atomic mass is 31.2. The van der Waals surface area contributed by atoms with Crippen LogP contribution in [0.4, 0.5) is 0 Å². The number of carbonyl (C=O) groups excluding carboxylic acids is 4. The molecule has 0 aromatic carbocycles. The molecule has 0 aromatic heterocycles. The molecule has 5 atom stereocenters. The van der Waals surface area contributed by atoms with E-state index in [2.05, 4.69) is 48.5 Å². The van der Waals surface area contributed by atoms with Gasteiger partial charge in [0.15, 0.2) is 12.2 Å². The molecule has 510 valence electrons. The number of aliphatic hydroxyl groups is 1. The molecule has 86 heavy (non-hydrogen) atoms. The van der Waals surface area contributed by atoms with E-state index in [1.165, 1.54) is 141 Å². The zero-order valence-corrected chi connectivity index (χ0v) is 57.6. The molecule has 0 aliphatic heterocycles. The Hall–Kier alpha value is -1.94. The minimum atomic E-state index is -4.95. The molecule has 17 nitrogen and oxygen atoms in total. The molecule has 0 saturated carbocycles. The molecule has 0 aliphatic carbocycles. The van der Waals surface area contributed by atoms with Crippen LogP contribution in [0.25, 0.3) is 0 Å². The molecule has 2 unspecified atom stereocenters. The zero-order chi connectivity index (χ0) is 63.8. The van der Waals surface area contributed by atoms with Crippen molar-refractivity contribution in [2.45, 2.75) is 349 Å². The Morgan fingerprint density at radius 3 is 0.791 bits per heavy atom. The molecule has 0 heterocycles. The third-order valence-electron chi connectivity index (χ3n) is 15.4. The van der Waals surface area contributed by atoms with E-state index < -0.39 is 97.5 Å². The summed E-state index contributed by atoms with van der Waals surface area (Å²) in [4.78, 5) is 72.4. The molecule has 0 amide bonds. The van der Waals surface area contributed by atoms with Gasteiger partial charge in [-0.25, -0.2) is 9.13 Å². The Bertz CT molecular complexity index is 1700. The molecule has 0 aromatic rings. The van der Waals surface area contributed by atoms with Crippen LogP contribution in [0.5, 0.6) is 0 Å². The summed E-state index contributed by atoms with van der Waals surface area (Å²) in [5, 5.41) is 10.6. The third kappa shape index (κ3) is 60.9. The number of unbranched alkanes of at least 4 members (excludes halogenated alkanes) is 33. The van der Waals surface area contributed by atoms with Crippen LogP contribution in [0.1, 0.15) is 331 Å². The van der Waals surface area contributed by atoms with Crippen LogP contribution in [0.2, 0.25) is 0 Å². The maximum absolute atomic E-state index is 13.0. The Labute approximate surface area is 524 Å². The molecule has 19 heteroatoms. The predicted octanol–water partition coefficient (Wildman–Crippen LogP) is 18.7. The van der Waals surface area contributed by atoms with E-state index in [9.17, 15) is 43.2 Å². The zero-order valence-electron chi connectivity index (χ0n) is 55.8. The summed E-state index contributed by atoms with van der Waals surface area (Å²) in [6.07, 6.45) is 40.3. The maximum Gasteiger partial charge on any atom is 0.472 e. The van der Waals surface area contributed by atoms with Crippen molar-refractivity contribution in [1.82, 2.24) is 0 Å². The average Bonchev–Trinajstić information content (AvgIpc) is 3.68. The predicted molar refractivity (Wildman–Crippen MR) is 344 cm³/mol. The van der Waals surface area contributed by atoms with Gasteiger partial charge in [0, 0.05) is 25.7 Å². The highest BCUT2D eigenvalue weighted by Crippen LogP contribution is 2.45. The molecule has 0 aliphatic rings. The van der Waals surface area contributed by atoms with E-state index in [0.29, 0.717) is 25.7 Å². The van der Waals surface area contributed by atoms with Gasteiger partial charge in [0.2, 0.25) is 0 Å². The van der Waals surface area contributed by atoms with E-state index in [1.54, 1.807) is 0 Å². The Morgan fingerprint density at radius 1 is 0.314 bits per heavy atom. The lowest BCUT2D eigenvalue weighted by molar-refractivity contribution is -0.161. The lowest BCUT2D eigenvalue weighted by Gasteiger charge is -2.21. The van der Waals surface area contributed by atoms with Gasteiger partial charge in [0.25, 0.3) is 0 Å². The number of hydrogen-bond acceptors (Lipinski definition) is 15. The smallest absolute Gasteiger partial charge is 0.462 e. The quantitative estimate of drug-likeness (QED) is 0.0222. The minimum Gasteiger partial charge on any atom is -0.462 e. The number of rotatable bonds is 65. The fraction of sp³-hybridized carbons (Fsp3) is 0.940. The molecule has 0 saturated heterocycles. The van der Waals surface area contributed by atoms with Gasteiger partial charge in [-0.1, -0.05) is 280 Å². The monoisotopic (exact) mass is 1270 g/mol. The van der Waals surface area contributed by atoms with Crippen LogP contribution >= 0.6 is 15.6 Å². The van der Waals surface area contributed by atoms with Crippen molar-refractivity contribution in [3.8, 4) is 0 Å². The van der Waals surface area contributed by atoms with Gasteiger partial charge in [0.05, 0.1) is 26.4 Å². The molecular weight excluding hydrogens is 1140 g/mol. The van der Waals surface area contributed by atoms with Gasteiger partial charge in [-0.05, 0) is 43.4 Å². The van der Waals surface area contributed by atoms with Crippen LogP contribution in [0.15, 0.2) is 0 Å². The van der Waals surface area contributed by atoms with Crippen LogP contribution < -0.4 is 0 Å². The van der Waals surface area contributed by atoms with Crippen molar-refractivity contribution in [2.24, 2.45) is 17.8 Å². The van der Waals surface area contributed by atoms with Crippen LogP contribution in [-0.4, -0.2) is 96.7 Å². The fourth-order valence-corrected chi connectivity index (χ4v) is 11.6. The topological polar surface area (TPSA) is 237 Å². The molecule has 0 fully saturated rings. The number of phosphoric ester groups is 2. The van der Waals surface area contributed by atoms with E-state index in [4.69, 9.17) is 37.0 Å². The SMILES string of the molecule is CCCCCCCCCCCCCC(=O)OC[C@H](COP(=O)(O)OC[C@H](O)COP(=O)(O)OC[C@@H](COC(=O)CCCCCCCCCCCC(C)C)OC(=O)CCCCCCCCCCCC(C)C)OC(=O)CCCCCCCCCCC(C)C. The molecular formula is C67H130O17P2. The van der Waals surface area contributed by atoms with Gasteiger partial charge in [-0.2, -0.15) is 0 Å². The van der Waals surface area contributed by atoms with Gasteiger partial charge < -0.3 is 33.8 Å². The average molecular weight is 1270 g/mol. The van der Waals surface area contributed by atoms with Crippen molar-refractivity contribution in [1.29, 1.82) is 0 Å². The lowest BCUT2D eigenvalue weighted by atomic mass is 10.0. The van der Waals surface area contributed by atoms with Gasteiger partial charge in [0.1, 0.15) is 19.3 Å². The molecule has 0 radical (unpaired) electrons. The van der Waals surface area contributed by atoms with Crippen molar-refractivity contribution < 1.29 is 80.2 Å². The Morgan fingerprint density at radius 2 is 0.535 bits per heavy atom. The van der Waals surface area contributed by atoms with Gasteiger partial charge >= 0.3 is 39.5 Å². The maximum atomic E-state index is 13.0. The first kappa shape index (κ1) is 84.1. The molecule has 0 bridgehead atoms. The minimum absolute atomic E-state index is 0.104.